The summed E-state index contributed by atoms with van der Waals surface area (Å²) in [5.74, 6) is -0.994. The Balaban J connectivity index is 3.52. The lowest BCUT2D eigenvalue weighted by atomic mass is 10.1. The van der Waals surface area contributed by atoms with Gasteiger partial charge in [-0.1, -0.05) is 44.8 Å². The van der Waals surface area contributed by atoms with E-state index in [0.717, 1.165) is 19.3 Å². The number of rotatable bonds is 11. The highest BCUT2D eigenvalue weighted by molar-refractivity contribution is 5.67. The molecular weight excluding hydrogens is 232 g/mol. The van der Waals surface area contributed by atoms with Crippen molar-refractivity contribution in [3.05, 3.63) is 12.2 Å². The van der Waals surface area contributed by atoms with Gasteiger partial charge < -0.3 is 15.3 Å². The van der Waals surface area contributed by atoms with Crippen LogP contribution in [-0.2, 0) is 4.79 Å². The molecule has 0 aliphatic rings. The SMILES string of the molecule is CCCCCCC(O)C/C=C\C[C@@H](O)CC(=O)O. The maximum atomic E-state index is 10.3. The van der Waals surface area contributed by atoms with Gasteiger partial charge in [-0.15, -0.1) is 0 Å². The number of aliphatic hydroxyl groups excluding tert-OH is 2. The molecule has 18 heavy (non-hydrogen) atoms. The van der Waals surface area contributed by atoms with E-state index in [1.165, 1.54) is 12.8 Å². The largest absolute Gasteiger partial charge is 0.481 e. The maximum Gasteiger partial charge on any atom is 0.305 e. The summed E-state index contributed by atoms with van der Waals surface area (Å²) in [6, 6.07) is 0. The topological polar surface area (TPSA) is 77.8 Å². The van der Waals surface area contributed by atoms with Crippen LogP contribution in [0, 0.1) is 0 Å². The summed E-state index contributed by atoms with van der Waals surface area (Å²) in [4.78, 5) is 10.3. The Hall–Kier alpha value is -0.870. The highest BCUT2D eigenvalue weighted by Gasteiger charge is 2.07. The molecule has 0 heterocycles. The van der Waals surface area contributed by atoms with Gasteiger partial charge in [0.15, 0.2) is 0 Å². The molecule has 4 heteroatoms. The Morgan fingerprint density at radius 3 is 2.22 bits per heavy atom. The summed E-state index contributed by atoms with van der Waals surface area (Å²) < 4.78 is 0. The Kier molecular flexibility index (Phi) is 10.7. The van der Waals surface area contributed by atoms with E-state index in [1.807, 2.05) is 6.08 Å². The molecule has 0 aliphatic heterocycles. The smallest absolute Gasteiger partial charge is 0.305 e. The van der Waals surface area contributed by atoms with Gasteiger partial charge in [-0.3, -0.25) is 4.79 Å². The third-order valence-electron chi connectivity index (χ3n) is 2.78. The Morgan fingerprint density at radius 2 is 1.67 bits per heavy atom. The first-order chi connectivity index (χ1) is 8.56. The molecule has 0 radical (unpaired) electrons. The van der Waals surface area contributed by atoms with Crippen LogP contribution in [0.4, 0.5) is 0 Å². The van der Waals surface area contributed by atoms with Crippen LogP contribution < -0.4 is 0 Å². The first-order valence-electron chi connectivity index (χ1n) is 6.79. The van der Waals surface area contributed by atoms with Gasteiger partial charge in [-0.05, 0) is 19.3 Å². The second-order valence-electron chi connectivity index (χ2n) is 4.70. The zero-order valence-electron chi connectivity index (χ0n) is 11.2. The molecule has 0 saturated heterocycles. The zero-order valence-corrected chi connectivity index (χ0v) is 11.2. The zero-order chi connectivity index (χ0) is 13.8. The van der Waals surface area contributed by atoms with Gasteiger partial charge in [0.05, 0.1) is 18.6 Å². The second kappa shape index (κ2) is 11.2. The quantitative estimate of drug-likeness (QED) is 0.393. The third-order valence-corrected chi connectivity index (χ3v) is 2.78. The summed E-state index contributed by atoms with van der Waals surface area (Å²) in [5.41, 5.74) is 0. The van der Waals surface area contributed by atoms with Gasteiger partial charge in [0, 0.05) is 0 Å². The number of hydrogen-bond acceptors (Lipinski definition) is 3. The summed E-state index contributed by atoms with van der Waals surface area (Å²) in [5, 5.41) is 27.4. The lowest BCUT2D eigenvalue weighted by Gasteiger charge is -2.07. The number of hydrogen-bond donors (Lipinski definition) is 3. The van der Waals surface area contributed by atoms with Crippen molar-refractivity contribution in [2.75, 3.05) is 0 Å². The molecular formula is C14H26O4. The molecule has 0 fully saturated rings. The van der Waals surface area contributed by atoms with Crippen LogP contribution >= 0.6 is 0 Å². The van der Waals surface area contributed by atoms with Crippen molar-refractivity contribution in [2.24, 2.45) is 0 Å². The normalized spacial score (nSPS) is 14.8. The van der Waals surface area contributed by atoms with Crippen molar-refractivity contribution >= 4 is 5.97 Å². The lowest BCUT2D eigenvalue weighted by molar-refractivity contribution is -0.139. The molecule has 0 bridgehead atoms. The van der Waals surface area contributed by atoms with Crippen molar-refractivity contribution in [3.63, 3.8) is 0 Å². The predicted octanol–water partition coefficient (Wildman–Crippen LogP) is 2.49. The average Bonchev–Trinajstić information content (AvgIpc) is 2.29. The number of carboxylic acids is 1. The van der Waals surface area contributed by atoms with Gasteiger partial charge in [-0.25, -0.2) is 0 Å². The number of carbonyl (C=O) groups is 1. The minimum absolute atomic E-state index is 0.232. The number of aliphatic carboxylic acids is 1. The predicted molar refractivity (Wildman–Crippen MR) is 71.4 cm³/mol. The van der Waals surface area contributed by atoms with Crippen molar-refractivity contribution in [2.45, 2.75) is 70.5 Å². The van der Waals surface area contributed by atoms with Crippen LogP contribution in [0.2, 0.25) is 0 Å². The molecule has 4 nitrogen and oxygen atoms in total. The van der Waals surface area contributed by atoms with Crippen LogP contribution in [0.3, 0.4) is 0 Å². The van der Waals surface area contributed by atoms with E-state index in [2.05, 4.69) is 6.92 Å². The number of unbranched alkanes of at least 4 members (excludes halogenated alkanes) is 3. The summed E-state index contributed by atoms with van der Waals surface area (Å²) in [6.45, 7) is 2.15. The molecule has 0 rings (SSSR count). The molecule has 3 N–H and O–H groups in total. The fourth-order valence-electron chi connectivity index (χ4n) is 1.72. The molecule has 0 aromatic heterocycles. The second-order valence-corrected chi connectivity index (χ2v) is 4.70. The van der Waals surface area contributed by atoms with Crippen molar-refractivity contribution in [1.29, 1.82) is 0 Å². The minimum atomic E-state index is -0.994. The molecule has 106 valence electrons. The Morgan fingerprint density at radius 1 is 1.06 bits per heavy atom. The van der Waals surface area contributed by atoms with Crippen LogP contribution in [0.15, 0.2) is 12.2 Å². The van der Waals surface area contributed by atoms with Gasteiger partial charge >= 0.3 is 5.97 Å². The van der Waals surface area contributed by atoms with Crippen molar-refractivity contribution in [1.82, 2.24) is 0 Å². The van der Waals surface area contributed by atoms with Crippen molar-refractivity contribution in [3.8, 4) is 0 Å². The fourth-order valence-corrected chi connectivity index (χ4v) is 1.72. The first kappa shape index (κ1) is 17.1. The highest BCUT2D eigenvalue weighted by atomic mass is 16.4. The van der Waals surface area contributed by atoms with Gasteiger partial charge in [0.25, 0.3) is 0 Å². The standard InChI is InChI=1S/C14H26O4/c1-2-3-4-5-8-12(15)9-6-7-10-13(16)11-14(17)18/h6-7,12-13,15-16H,2-5,8-11H2,1H3,(H,17,18)/b7-6-/t12?,13-/m1/s1. The average molecular weight is 258 g/mol. The summed E-state index contributed by atoms with van der Waals surface area (Å²) >= 11 is 0. The molecule has 0 amide bonds. The van der Waals surface area contributed by atoms with E-state index < -0.39 is 12.1 Å². The Bertz CT molecular complexity index is 238. The highest BCUT2D eigenvalue weighted by Crippen LogP contribution is 2.09. The molecule has 0 saturated carbocycles. The van der Waals surface area contributed by atoms with Crippen LogP contribution in [0.1, 0.15) is 58.3 Å². The monoisotopic (exact) mass is 258 g/mol. The van der Waals surface area contributed by atoms with Gasteiger partial charge in [0.2, 0.25) is 0 Å². The van der Waals surface area contributed by atoms with E-state index in [1.54, 1.807) is 6.08 Å². The minimum Gasteiger partial charge on any atom is -0.481 e. The van der Waals surface area contributed by atoms with E-state index in [9.17, 15) is 15.0 Å². The third kappa shape index (κ3) is 11.6. The number of aliphatic hydroxyl groups is 2. The maximum absolute atomic E-state index is 10.3. The number of carboxylic acid groups (broad SMARTS) is 1. The van der Waals surface area contributed by atoms with Gasteiger partial charge in [0.1, 0.15) is 0 Å². The fraction of sp³-hybridized carbons (Fsp3) is 0.786. The summed E-state index contributed by atoms with van der Waals surface area (Å²) in [6.07, 6.45) is 8.49. The van der Waals surface area contributed by atoms with Crippen LogP contribution in [-0.4, -0.2) is 33.5 Å². The molecule has 2 atom stereocenters. The summed E-state index contributed by atoms with van der Waals surface area (Å²) in [7, 11) is 0. The van der Waals surface area contributed by atoms with E-state index in [4.69, 9.17) is 5.11 Å². The first-order valence-corrected chi connectivity index (χ1v) is 6.79. The Labute approximate surface area is 109 Å². The molecule has 0 aliphatic carbocycles. The van der Waals surface area contributed by atoms with Crippen LogP contribution in [0.5, 0.6) is 0 Å². The van der Waals surface area contributed by atoms with E-state index in [-0.39, 0.29) is 12.5 Å². The van der Waals surface area contributed by atoms with E-state index >= 15 is 0 Å². The molecule has 0 aromatic rings. The van der Waals surface area contributed by atoms with E-state index in [0.29, 0.717) is 12.8 Å². The molecule has 0 spiro atoms. The van der Waals surface area contributed by atoms with Crippen molar-refractivity contribution < 1.29 is 20.1 Å². The molecule has 0 aromatic carbocycles. The molecule has 1 unspecified atom stereocenters. The lowest BCUT2D eigenvalue weighted by Crippen LogP contribution is -2.11. The van der Waals surface area contributed by atoms with Crippen LogP contribution in [0.25, 0.3) is 0 Å². The van der Waals surface area contributed by atoms with Gasteiger partial charge in [-0.2, -0.15) is 0 Å².